The summed E-state index contributed by atoms with van der Waals surface area (Å²) in [5.74, 6) is 0.675. The first-order valence-corrected chi connectivity index (χ1v) is 6.75. The second-order valence-electron chi connectivity index (χ2n) is 3.68. The Bertz CT molecular complexity index is 249. The van der Waals surface area contributed by atoms with E-state index in [4.69, 9.17) is 34.8 Å². The van der Waals surface area contributed by atoms with Crippen LogP contribution in [-0.2, 0) is 0 Å². The van der Waals surface area contributed by atoms with Crippen molar-refractivity contribution >= 4 is 46.6 Å². The third-order valence-electron chi connectivity index (χ3n) is 2.71. The molecule has 0 saturated carbocycles. The second kappa shape index (κ2) is 4.42. The fourth-order valence-corrected chi connectivity index (χ4v) is 3.79. The molecule has 5 heteroatoms. The van der Waals surface area contributed by atoms with Crippen molar-refractivity contribution in [1.82, 2.24) is 5.32 Å². The van der Waals surface area contributed by atoms with Crippen molar-refractivity contribution in [2.24, 2.45) is 5.92 Å². The minimum atomic E-state index is -1.22. The molecule has 0 bridgehead atoms. The summed E-state index contributed by atoms with van der Waals surface area (Å²) in [4.78, 5) is 0. The number of halogens is 3. The van der Waals surface area contributed by atoms with Crippen LogP contribution in [0.15, 0.2) is 11.6 Å². The molecule has 2 rings (SSSR count). The molecular weight excluding hydrogens is 261 g/mol. The van der Waals surface area contributed by atoms with Crippen molar-refractivity contribution < 1.29 is 0 Å². The maximum Gasteiger partial charge on any atom is 0.239 e. The van der Waals surface area contributed by atoms with Gasteiger partial charge in [-0.3, -0.25) is 0 Å². The zero-order valence-electron chi connectivity index (χ0n) is 7.60. The molecule has 14 heavy (non-hydrogen) atoms. The van der Waals surface area contributed by atoms with E-state index in [1.54, 1.807) is 0 Å². The molecule has 1 fully saturated rings. The predicted molar refractivity (Wildman–Crippen MR) is 65.1 cm³/mol. The van der Waals surface area contributed by atoms with Crippen LogP contribution in [0.1, 0.15) is 19.3 Å². The highest BCUT2D eigenvalue weighted by molar-refractivity contribution is 8.05. The van der Waals surface area contributed by atoms with E-state index in [1.165, 1.54) is 36.6 Å². The van der Waals surface area contributed by atoms with Crippen LogP contribution in [0.25, 0.3) is 0 Å². The van der Waals surface area contributed by atoms with Crippen LogP contribution in [-0.4, -0.2) is 15.0 Å². The molecule has 0 amide bonds. The summed E-state index contributed by atoms with van der Waals surface area (Å²) in [7, 11) is 0. The molecule has 1 N–H and O–H groups in total. The summed E-state index contributed by atoms with van der Waals surface area (Å²) < 4.78 is -1.22. The van der Waals surface area contributed by atoms with Crippen LogP contribution in [0.4, 0.5) is 0 Å². The van der Waals surface area contributed by atoms with Gasteiger partial charge in [0.05, 0.1) is 5.37 Å². The molecule has 1 heterocycles. The molecule has 2 aliphatic rings. The average Bonchev–Trinajstić information content (AvgIpc) is 2.47. The minimum Gasteiger partial charge on any atom is -0.301 e. The van der Waals surface area contributed by atoms with E-state index in [9.17, 15) is 0 Å². The van der Waals surface area contributed by atoms with Gasteiger partial charge in [0.2, 0.25) is 3.12 Å². The summed E-state index contributed by atoms with van der Waals surface area (Å²) >= 11 is 18.7. The Balaban J connectivity index is 2.04. The molecule has 0 aromatic heterocycles. The third-order valence-corrected chi connectivity index (χ3v) is 4.46. The summed E-state index contributed by atoms with van der Waals surface area (Å²) in [5, 5.41) is 3.60. The van der Waals surface area contributed by atoms with Crippen molar-refractivity contribution in [2.45, 2.75) is 27.8 Å². The van der Waals surface area contributed by atoms with Gasteiger partial charge < -0.3 is 5.32 Å². The van der Waals surface area contributed by atoms with E-state index in [-0.39, 0.29) is 5.37 Å². The van der Waals surface area contributed by atoms with Crippen molar-refractivity contribution in [3.8, 4) is 0 Å². The van der Waals surface area contributed by atoms with Crippen LogP contribution in [0.3, 0.4) is 0 Å². The Morgan fingerprint density at radius 3 is 2.93 bits per heavy atom. The monoisotopic (exact) mass is 271 g/mol. The molecule has 1 aliphatic heterocycles. The minimum absolute atomic E-state index is 0.202. The SMILES string of the molecule is ClC(Cl)(Cl)SC1NCC2CCCC=C21. The lowest BCUT2D eigenvalue weighted by atomic mass is 9.90. The number of hydrogen-bond donors (Lipinski definition) is 1. The summed E-state index contributed by atoms with van der Waals surface area (Å²) in [5.41, 5.74) is 1.44. The maximum atomic E-state index is 5.77. The smallest absolute Gasteiger partial charge is 0.239 e. The van der Waals surface area contributed by atoms with Gasteiger partial charge in [-0.05, 0) is 30.8 Å². The molecule has 80 valence electrons. The van der Waals surface area contributed by atoms with E-state index in [1.807, 2.05) is 0 Å². The second-order valence-corrected chi connectivity index (χ2v) is 7.96. The molecular formula is C9H12Cl3NS. The van der Waals surface area contributed by atoms with E-state index in [0.29, 0.717) is 5.92 Å². The van der Waals surface area contributed by atoms with Gasteiger partial charge in [-0.15, -0.1) is 0 Å². The lowest BCUT2D eigenvalue weighted by molar-refractivity contribution is 0.546. The topological polar surface area (TPSA) is 12.0 Å². The number of rotatable bonds is 1. The first-order valence-electron chi connectivity index (χ1n) is 4.74. The highest BCUT2D eigenvalue weighted by atomic mass is 35.6. The number of alkyl halides is 3. The number of thioether (sulfide) groups is 1. The molecule has 0 radical (unpaired) electrons. The van der Waals surface area contributed by atoms with Crippen LogP contribution >= 0.6 is 46.6 Å². The van der Waals surface area contributed by atoms with Crippen molar-refractivity contribution in [3.05, 3.63) is 11.6 Å². The first-order chi connectivity index (χ1) is 6.56. The van der Waals surface area contributed by atoms with E-state index in [2.05, 4.69) is 11.4 Å². The molecule has 0 aromatic rings. The lowest BCUT2D eigenvalue weighted by Crippen LogP contribution is -2.21. The van der Waals surface area contributed by atoms with Gasteiger partial charge in [0.15, 0.2) is 0 Å². The van der Waals surface area contributed by atoms with Gasteiger partial charge in [-0.25, -0.2) is 0 Å². The fourth-order valence-electron chi connectivity index (χ4n) is 2.12. The lowest BCUT2D eigenvalue weighted by Gasteiger charge is -2.22. The fraction of sp³-hybridized carbons (Fsp3) is 0.778. The Morgan fingerprint density at radius 2 is 2.21 bits per heavy atom. The first kappa shape index (κ1) is 11.4. The molecule has 2 atom stereocenters. The molecule has 1 saturated heterocycles. The van der Waals surface area contributed by atoms with Gasteiger partial charge in [-0.1, -0.05) is 52.6 Å². The highest BCUT2D eigenvalue weighted by Gasteiger charge is 2.36. The zero-order chi connectivity index (χ0) is 10.2. The van der Waals surface area contributed by atoms with Crippen molar-refractivity contribution in [2.75, 3.05) is 6.54 Å². The van der Waals surface area contributed by atoms with Crippen LogP contribution in [0.5, 0.6) is 0 Å². The Kier molecular flexibility index (Phi) is 3.60. The van der Waals surface area contributed by atoms with Gasteiger partial charge in [0.25, 0.3) is 0 Å². The average molecular weight is 273 g/mol. The number of fused-ring (bicyclic) bond motifs is 1. The standard InChI is InChI=1S/C9H12Cl3NS/c10-9(11,12)14-8-7-4-2-1-3-6(7)5-13-8/h4,6,8,13H,1-3,5H2. The van der Waals surface area contributed by atoms with Gasteiger partial charge in [0, 0.05) is 6.54 Å². The van der Waals surface area contributed by atoms with Crippen LogP contribution in [0.2, 0.25) is 0 Å². The molecule has 1 nitrogen and oxygen atoms in total. The number of nitrogens with one attached hydrogen (secondary N) is 1. The van der Waals surface area contributed by atoms with Crippen molar-refractivity contribution in [3.63, 3.8) is 0 Å². The maximum absolute atomic E-state index is 5.77. The highest BCUT2D eigenvalue weighted by Crippen LogP contribution is 2.46. The largest absolute Gasteiger partial charge is 0.301 e. The zero-order valence-corrected chi connectivity index (χ0v) is 10.7. The Morgan fingerprint density at radius 1 is 1.43 bits per heavy atom. The number of hydrogen-bond acceptors (Lipinski definition) is 2. The predicted octanol–water partition coefficient (Wildman–Crippen LogP) is 3.70. The molecule has 1 aliphatic carbocycles. The Labute approximate surface area is 104 Å². The van der Waals surface area contributed by atoms with Gasteiger partial charge in [0.1, 0.15) is 0 Å². The van der Waals surface area contributed by atoms with Gasteiger partial charge in [-0.2, -0.15) is 0 Å². The Hall–Kier alpha value is 0.920. The van der Waals surface area contributed by atoms with Crippen molar-refractivity contribution in [1.29, 1.82) is 0 Å². The summed E-state index contributed by atoms with van der Waals surface area (Å²) in [6.45, 7) is 1.03. The summed E-state index contributed by atoms with van der Waals surface area (Å²) in [6.07, 6.45) is 6.05. The van der Waals surface area contributed by atoms with Crippen LogP contribution in [0, 0.1) is 5.92 Å². The van der Waals surface area contributed by atoms with Gasteiger partial charge >= 0.3 is 0 Å². The van der Waals surface area contributed by atoms with Crippen LogP contribution < -0.4 is 5.32 Å². The summed E-state index contributed by atoms with van der Waals surface area (Å²) in [6, 6.07) is 0. The van der Waals surface area contributed by atoms with E-state index in [0.717, 1.165) is 6.54 Å². The van der Waals surface area contributed by atoms with E-state index < -0.39 is 3.12 Å². The molecule has 0 spiro atoms. The quantitative estimate of drug-likeness (QED) is 0.577. The molecule has 2 unspecified atom stereocenters. The molecule has 0 aromatic carbocycles. The number of allylic oxidation sites excluding steroid dienone is 1. The normalized spacial score (nSPS) is 32.6. The van der Waals surface area contributed by atoms with E-state index >= 15 is 0 Å². The third kappa shape index (κ3) is 2.73.